The van der Waals surface area contributed by atoms with Crippen molar-refractivity contribution < 1.29 is 9.90 Å². The van der Waals surface area contributed by atoms with E-state index >= 15 is 0 Å². The largest absolute Gasteiger partial charge is 0.478 e. The summed E-state index contributed by atoms with van der Waals surface area (Å²) >= 11 is 0. The lowest BCUT2D eigenvalue weighted by Crippen LogP contribution is -1.96. The summed E-state index contributed by atoms with van der Waals surface area (Å²) in [6, 6.07) is 20.8. The minimum atomic E-state index is -0.928. The van der Waals surface area contributed by atoms with Crippen molar-refractivity contribution in [2.24, 2.45) is 0 Å². The van der Waals surface area contributed by atoms with Gasteiger partial charge in [0.1, 0.15) is 0 Å². The van der Waals surface area contributed by atoms with Crippen LogP contribution in [0.1, 0.15) is 27.0 Å². The van der Waals surface area contributed by atoms with E-state index in [9.17, 15) is 4.79 Å². The highest BCUT2D eigenvalue weighted by atomic mass is 16.4. The fourth-order valence-corrected chi connectivity index (χ4v) is 2.40. The molecule has 0 amide bonds. The van der Waals surface area contributed by atoms with Crippen molar-refractivity contribution in [1.82, 2.24) is 4.98 Å². The van der Waals surface area contributed by atoms with Crippen LogP contribution in [0.2, 0.25) is 0 Å². The molecule has 0 spiro atoms. The molecule has 0 aliphatic heterocycles. The van der Waals surface area contributed by atoms with E-state index in [1.807, 2.05) is 54.6 Å². The number of carboxylic acids is 1. The van der Waals surface area contributed by atoms with Crippen LogP contribution < -0.4 is 0 Å². The third-order valence-electron chi connectivity index (χ3n) is 3.50. The van der Waals surface area contributed by atoms with E-state index in [-0.39, 0.29) is 5.56 Å². The molecule has 2 aromatic carbocycles. The van der Waals surface area contributed by atoms with E-state index in [0.717, 1.165) is 22.3 Å². The Balaban J connectivity index is 2.12. The normalized spacial score (nSPS) is 11.2. The van der Waals surface area contributed by atoms with Gasteiger partial charge in [-0.1, -0.05) is 48.5 Å². The molecule has 23 heavy (non-hydrogen) atoms. The van der Waals surface area contributed by atoms with Crippen LogP contribution in [-0.2, 0) is 0 Å². The summed E-state index contributed by atoms with van der Waals surface area (Å²) in [7, 11) is 0. The van der Waals surface area contributed by atoms with Gasteiger partial charge in [-0.3, -0.25) is 4.98 Å². The van der Waals surface area contributed by atoms with Gasteiger partial charge in [0.2, 0.25) is 0 Å². The zero-order valence-corrected chi connectivity index (χ0v) is 12.4. The summed E-state index contributed by atoms with van der Waals surface area (Å²) in [5, 5.41) is 9.15. The Morgan fingerprint density at radius 3 is 2.30 bits per heavy atom. The van der Waals surface area contributed by atoms with E-state index in [1.165, 1.54) is 0 Å². The van der Waals surface area contributed by atoms with E-state index < -0.39 is 5.97 Å². The van der Waals surface area contributed by atoms with Crippen LogP contribution in [0.3, 0.4) is 0 Å². The van der Waals surface area contributed by atoms with Crippen molar-refractivity contribution in [2.75, 3.05) is 0 Å². The second-order valence-corrected chi connectivity index (χ2v) is 5.10. The number of aromatic carboxylic acids is 1. The molecule has 0 aliphatic rings. The number of aromatic nitrogens is 1. The Kier molecular flexibility index (Phi) is 4.29. The molecular weight excluding hydrogens is 286 g/mol. The summed E-state index contributed by atoms with van der Waals surface area (Å²) in [6.07, 6.45) is 5.52. The molecule has 0 fully saturated rings. The van der Waals surface area contributed by atoms with Gasteiger partial charge in [0.25, 0.3) is 0 Å². The van der Waals surface area contributed by atoms with Crippen LogP contribution in [0, 0.1) is 0 Å². The van der Waals surface area contributed by atoms with Crippen LogP contribution in [0.25, 0.3) is 11.6 Å². The molecule has 1 N–H and O–H groups in total. The van der Waals surface area contributed by atoms with Crippen LogP contribution in [0.15, 0.2) is 79.1 Å². The first kappa shape index (κ1) is 14.7. The highest BCUT2D eigenvalue weighted by Gasteiger charge is 2.07. The number of pyridine rings is 1. The van der Waals surface area contributed by atoms with Gasteiger partial charge in [-0.15, -0.1) is 0 Å². The number of benzene rings is 2. The van der Waals surface area contributed by atoms with E-state index in [4.69, 9.17) is 5.11 Å². The first-order valence-electron chi connectivity index (χ1n) is 7.25. The number of hydrogen-bond acceptors (Lipinski definition) is 2. The molecule has 3 nitrogen and oxygen atoms in total. The number of rotatable bonds is 4. The van der Waals surface area contributed by atoms with Gasteiger partial charge in [-0.2, -0.15) is 0 Å². The Labute approximate surface area is 134 Å². The average molecular weight is 301 g/mol. The molecule has 1 heterocycles. The van der Waals surface area contributed by atoms with E-state index in [2.05, 4.69) is 4.98 Å². The molecule has 1 aromatic heterocycles. The molecule has 3 heteroatoms. The Morgan fingerprint density at radius 1 is 0.870 bits per heavy atom. The van der Waals surface area contributed by atoms with Gasteiger partial charge in [0, 0.05) is 18.0 Å². The fraction of sp³-hybridized carbons (Fsp3) is 0. The van der Waals surface area contributed by atoms with Gasteiger partial charge < -0.3 is 5.11 Å². The summed E-state index contributed by atoms with van der Waals surface area (Å²) in [5.74, 6) is -0.928. The van der Waals surface area contributed by atoms with Crippen molar-refractivity contribution in [3.63, 3.8) is 0 Å². The van der Waals surface area contributed by atoms with Crippen molar-refractivity contribution in [2.45, 2.75) is 0 Å². The molecular formula is C20H15NO2. The molecule has 0 aliphatic carbocycles. The maximum absolute atomic E-state index is 11.1. The SMILES string of the molecule is O=C(O)c1cccc(/C=C(\c2ccccc2)c2cccnc2)c1. The second-order valence-electron chi connectivity index (χ2n) is 5.10. The monoisotopic (exact) mass is 301 g/mol. The molecule has 3 rings (SSSR count). The van der Waals surface area contributed by atoms with Crippen LogP contribution in [0.4, 0.5) is 0 Å². The predicted molar refractivity (Wildman–Crippen MR) is 91.1 cm³/mol. The smallest absolute Gasteiger partial charge is 0.335 e. The maximum atomic E-state index is 11.1. The number of hydrogen-bond donors (Lipinski definition) is 1. The standard InChI is InChI=1S/C20H15NO2/c22-20(23)17-9-4-6-15(12-17)13-19(16-7-2-1-3-8-16)18-10-5-11-21-14-18/h1-14H,(H,22,23)/b19-13+. The van der Waals surface area contributed by atoms with E-state index in [1.54, 1.807) is 30.6 Å². The summed E-state index contributed by atoms with van der Waals surface area (Å²) in [5.41, 5.74) is 4.16. The minimum Gasteiger partial charge on any atom is -0.478 e. The topological polar surface area (TPSA) is 50.2 Å². The fourth-order valence-electron chi connectivity index (χ4n) is 2.40. The second kappa shape index (κ2) is 6.71. The summed E-state index contributed by atoms with van der Waals surface area (Å²) in [6.45, 7) is 0. The van der Waals surface area contributed by atoms with Crippen LogP contribution >= 0.6 is 0 Å². The highest BCUT2D eigenvalue weighted by molar-refractivity contribution is 5.93. The molecule has 112 valence electrons. The van der Waals surface area contributed by atoms with Crippen molar-refractivity contribution in [3.8, 4) is 0 Å². The third kappa shape index (κ3) is 3.52. The van der Waals surface area contributed by atoms with Gasteiger partial charge in [0.15, 0.2) is 0 Å². The quantitative estimate of drug-likeness (QED) is 0.728. The lowest BCUT2D eigenvalue weighted by Gasteiger charge is -2.09. The lowest BCUT2D eigenvalue weighted by atomic mass is 9.96. The number of carbonyl (C=O) groups is 1. The van der Waals surface area contributed by atoms with Gasteiger partial charge in [0.05, 0.1) is 5.56 Å². The Hall–Kier alpha value is -3.20. The molecule has 0 saturated carbocycles. The first-order valence-corrected chi connectivity index (χ1v) is 7.25. The van der Waals surface area contributed by atoms with Crippen molar-refractivity contribution >= 4 is 17.6 Å². The Bertz CT molecular complexity index is 798. The predicted octanol–water partition coefficient (Wildman–Crippen LogP) is 4.37. The molecule has 3 aromatic rings. The van der Waals surface area contributed by atoms with Gasteiger partial charge in [-0.05, 0) is 41.0 Å². The van der Waals surface area contributed by atoms with Crippen molar-refractivity contribution in [1.29, 1.82) is 0 Å². The maximum Gasteiger partial charge on any atom is 0.335 e. The lowest BCUT2D eigenvalue weighted by molar-refractivity contribution is 0.0697. The molecule has 0 saturated heterocycles. The average Bonchev–Trinajstić information content (AvgIpc) is 2.61. The number of nitrogens with zero attached hydrogens (tertiary/aromatic N) is 1. The zero-order chi connectivity index (χ0) is 16.1. The third-order valence-corrected chi connectivity index (χ3v) is 3.50. The Morgan fingerprint density at radius 2 is 1.61 bits per heavy atom. The molecule has 0 radical (unpaired) electrons. The van der Waals surface area contributed by atoms with Crippen molar-refractivity contribution in [3.05, 3.63) is 101 Å². The van der Waals surface area contributed by atoms with Crippen LogP contribution in [-0.4, -0.2) is 16.1 Å². The first-order chi connectivity index (χ1) is 11.2. The van der Waals surface area contributed by atoms with Crippen LogP contribution in [0.5, 0.6) is 0 Å². The molecule has 0 unspecified atom stereocenters. The minimum absolute atomic E-state index is 0.275. The summed E-state index contributed by atoms with van der Waals surface area (Å²) < 4.78 is 0. The molecule has 0 atom stereocenters. The summed E-state index contributed by atoms with van der Waals surface area (Å²) in [4.78, 5) is 15.3. The zero-order valence-electron chi connectivity index (χ0n) is 12.4. The highest BCUT2D eigenvalue weighted by Crippen LogP contribution is 2.25. The van der Waals surface area contributed by atoms with Gasteiger partial charge >= 0.3 is 5.97 Å². The number of carboxylic acid groups (broad SMARTS) is 1. The van der Waals surface area contributed by atoms with Gasteiger partial charge in [-0.25, -0.2) is 4.79 Å². The van der Waals surface area contributed by atoms with E-state index in [0.29, 0.717) is 0 Å². The molecule has 0 bridgehead atoms.